The molecule has 128 valence electrons. The molecule has 2 saturated heterocycles. The van der Waals surface area contributed by atoms with E-state index >= 15 is 0 Å². The minimum absolute atomic E-state index is 0.113. The molecule has 0 aliphatic carbocycles. The fourth-order valence-electron chi connectivity index (χ4n) is 3.97. The van der Waals surface area contributed by atoms with Gasteiger partial charge in [0.25, 0.3) is 0 Å². The van der Waals surface area contributed by atoms with E-state index < -0.39 is 0 Å². The molecule has 0 radical (unpaired) electrons. The third-order valence-electron chi connectivity index (χ3n) is 5.32. The Morgan fingerprint density at radius 3 is 2.79 bits per heavy atom. The van der Waals surface area contributed by atoms with Gasteiger partial charge in [-0.05, 0) is 37.0 Å². The smallest absolute Gasteiger partial charge is 0.317 e. The average molecular weight is 347 g/mol. The number of carbonyl (C=O) groups is 1. The molecule has 2 aliphatic rings. The van der Waals surface area contributed by atoms with E-state index in [9.17, 15) is 4.79 Å². The normalized spacial score (nSPS) is 20.0. The Balaban J connectivity index is 1.33. The fraction of sp³-hybridized carbons (Fsp3) is 0.500. The Labute approximate surface area is 146 Å². The van der Waals surface area contributed by atoms with Crippen molar-refractivity contribution in [1.82, 2.24) is 20.1 Å². The molecule has 3 heterocycles. The molecule has 0 unspecified atom stereocenters. The van der Waals surface area contributed by atoms with E-state index in [4.69, 9.17) is 11.6 Å². The van der Waals surface area contributed by atoms with Crippen LogP contribution in [0.15, 0.2) is 24.4 Å². The molecule has 1 aromatic carbocycles. The van der Waals surface area contributed by atoms with Crippen molar-refractivity contribution in [2.45, 2.75) is 25.3 Å². The third-order valence-corrected chi connectivity index (χ3v) is 5.64. The molecule has 2 amide bonds. The van der Waals surface area contributed by atoms with Gasteiger partial charge in [0.15, 0.2) is 0 Å². The maximum atomic E-state index is 11.8. The number of H-pyrrole nitrogens is 1. The Bertz CT molecular complexity index is 736. The summed E-state index contributed by atoms with van der Waals surface area (Å²) in [5.41, 5.74) is 2.40. The summed E-state index contributed by atoms with van der Waals surface area (Å²) in [6.45, 7) is 4.81. The number of aromatic amines is 1. The fourth-order valence-corrected chi connectivity index (χ4v) is 4.27. The van der Waals surface area contributed by atoms with Gasteiger partial charge in [-0.25, -0.2) is 4.79 Å². The van der Waals surface area contributed by atoms with Crippen LogP contribution in [-0.4, -0.2) is 59.6 Å². The number of nitrogens with one attached hydrogen (secondary N) is 2. The average Bonchev–Trinajstić information content (AvgIpc) is 3.20. The summed E-state index contributed by atoms with van der Waals surface area (Å²) in [7, 11) is 0. The van der Waals surface area contributed by atoms with Gasteiger partial charge in [-0.3, -0.25) is 0 Å². The molecule has 6 heteroatoms. The van der Waals surface area contributed by atoms with Crippen LogP contribution in [0.25, 0.3) is 10.9 Å². The predicted octanol–water partition coefficient (Wildman–Crippen LogP) is 2.85. The molecule has 0 bridgehead atoms. The molecule has 0 atom stereocenters. The second-order valence-corrected chi connectivity index (χ2v) is 7.13. The van der Waals surface area contributed by atoms with E-state index in [0.717, 1.165) is 67.9 Å². The van der Waals surface area contributed by atoms with Crippen molar-refractivity contribution in [2.24, 2.45) is 0 Å². The van der Waals surface area contributed by atoms with Crippen molar-refractivity contribution in [3.05, 3.63) is 35.0 Å². The van der Waals surface area contributed by atoms with E-state index in [2.05, 4.69) is 27.5 Å². The van der Waals surface area contributed by atoms with Gasteiger partial charge in [-0.2, -0.15) is 0 Å². The van der Waals surface area contributed by atoms with Gasteiger partial charge in [0.1, 0.15) is 0 Å². The Morgan fingerprint density at radius 2 is 2.04 bits per heavy atom. The minimum Gasteiger partial charge on any atom is -0.361 e. The van der Waals surface area contributed by atoms with Crippen LogP contribution >= 0.6 is 11.6 Å². The van der Waals surface area contributed by atoms with Crippen molar-refractivity contribution in [1.29, 1.82) is 0 Å². The quantitative estimate of drug-likeness (QED) is 0.894. The van der Waals surface area contributed by atoms with E-state index in [-0.39, 0.29) is 6.03 Å². The molecule has 2 N–H and O–H groups in total. The lowest BCUT2D eigenvalue weighted by molar-refractivity contribution is 0.137. The highest BCUT2D eigenvalue weighted by atomic mass is 35.5. The second kappa shape index (κ2) is 6.65. The van der Waals surface area contributed by atoms with Gasteiger partial charge in [-0.15, -0.1) is 0 Å². The van der Waals surface area contributed by atoms with Crippen molar-refractivity contribution in [2.75, 3.05) is 32.7 Å². The number of piperidine rings is 1. The summed E-state index contributed by atoms with van der Waals surface area (Å²) in [6.07, 6.45) is 5.22. The number of amides is 2. The maximum Gasteiger partial charge on any atom is 0.317 e. The van der Waals surface area contributed by atoms with Gasteiger partial charge in [0.2, 0.25) is 0 Å². The first-order chi connectivity index (χ1) is 11.7. The van der Waals surface area contributed by atoms with Crippen LogP contribution in [-0.2, 0) is 6.42 Å². The number of carbonyl (C=O) groups excluding carboxylic acids is 1. The maximum absolute atomic E-state index is 11.8. The second-order valence-electron chi connectivity index (χ2n) is 6.72. The zero-order chi connectivity index (χ0) is 16.5. The predicted molar refractivity (Wildman–Crippen MR) is 96.6 cm³/mol. The molecule has 2 fully saturated rings. The largest absolute Gasteiger partial charge is 0.361 e. The summed E-state index contributed by atoms with van der Waals surface area (Å²) >= 11 is 6.35. The van der Waals surface area contributed by atoms with E-state index in [1.54, 1.807) is 0 Å². The lowest BCUT2D eigenvalue weighted by atomic mass is 10.0. The van der Waals surface area contributed by atoms with Crippen molar-refractivity contribution in [3.8, 4) is 0 Å². The number of hydrogen-bond acceptors (Lipinski definition) is 2. The molecule has 2 aromatic rings. The van der Waals surface area contributed by atoms with Gasteiger partial charge in [-0.1, -0.05) is 17.7 Å². The van der Waals surface area contributed by atoms with Crippen LogP contribution in [0.3, 0.4) is 0 Å². The van der Waals surface area contributed by atoms with Crippen LogP contribution in [0, 0.1) is 0 Å². The lowest BCUT2D eigenvalue weighted by Crippen LogP contribution is -2.46. The van der Waals surface area contributed by atoms with E-state index in [1.807, 2.05) is 17.0 Å². The summed E-state index contributed by atoms with van der Waals surface area (Å²) in [5, 5.41) is 4.88. The summed E-state index contributed by atoms with van der Waals surface area (Å²) in [5.74, 6) is 0. The van der Waals surface area contributed by atoms with Crippen LogP contribution in [0.4, 0.5) is 4.79 Å². The first kappa shape index (κ1) is 15.8. The number of urea groups is 1. The monoisotopic (exact) mass is 346 g/mol. The summed E-state index contributed by atoms with van der Waals surface area (Å²) in [4.78, 5) is 19.6. The SMILES string of the molecule is O=C1NCCN1C1CCN(CCc2c[nH]c3cccc(Cl)c23)CC1. The molecule has 24 heavy (non-hydrogen) atoms. The Hall–Kier alpha value is -1.72. The molecular weight excluding hydrogens is 324 g/mol. The zero-order valence-corrected chi connectivity index (χ0v) is 14.5. The lowest BCUT2D eigenvalue weighted by Gasteiger charge is -2.36. The van der Waals surface area contributed by atoms with Crippen LogP contribution in [0.1, 0.15) is 18.4 Å². The van der Waals surface area contributed by atoms with Gasteiger partial charge in [0, 0.05) is 55.9 Å². The highest BCUT2D eigenvalue weighted by Gasteiger charge is 2.30. The molecule has 0 spiro atoms. The number of aromatic nitrogens is 1. The number of fused-ring (bicyclic) bond motifs is 1. The number of nitrogens with zero attached hydrogens (tertiary/aromatic N) is 2. The van der Waals surface area contributed by atoms with Crippen LogP contribution in [0.5, 0.6) is 0 Å². The van der Waals surface area contributed by atoms with Gasteiger partial charge >= 0.3 is 6.03 Å². The topological polar surface area (TPSA) is 51.4 Å². The minimum atomic E-state index is 0.113. The zero-order valence-electron chi connectivity index (χ0n) is 13.7. The number of rotatable bonds is 4. The Kier molecular flexibility index (Phi) is 4.37. The number of likely N-dealkylation sites (tertiary alicyclic amines) is 1. The van der Waals surface area contributed by atoms with Crippen molar-refractivity contribution >= 4 is 28.5 Å². The van der Waals surface area contributed by atoms with Crippen LogP contribution in [0.2, 0.25) is 5.02 Å². The highest BCUT2D eigenvalue weighted by Crippen LogP contribution is 2.27. The Morgan fingerprint density at radius 1 is 1.21 bits per heavy atom. The third kappa shape index (κ3) is 2.98. The number of hydrogen-bond donors (Lipinski definition) is 2. The van der Waals surface area contributed by atoms with Gasteiger partial charge < -0.3 is 20.1 Å². The first-order valence-corrected chi connectivity index (χ1v) is 9.11. The van der Waals surface area contributed by atoms with E-state index in [0.29, 0.717) is 6.04 Å². The number of benzene rings is 1. The molecule has 0 saturated carbocycles. The van der Waals surface area contributed by atoms with Crippen molar-refractivity contribution in [3.63, 3.8) is 0 Å². The molecule has 4 rings (SSSR count). The summed E-state index contributed by atoms with van der Waals surface area (Å²) in [6, 6.07) is 6.52. The first-order valence-electron chi connectivity index (χ1n) is 8.73. The highest BCUT2D eigenvalue weighted by molar-refractivity contribution is 6.35. The molecular formula is C18H23ClN4O. The molecule has 2 aliphatic heterocycles. The van der Waals surface area contributed by atoms with Crippen LogP contribution < -0.4 is 5.32 Å². The summed E-state index contributed by atoms with van der Waals surface area (Å²) < 4.78 is 0. The van der Waals surface area contributed by atoms with E-state index in [1.165, 1.54) is 5.56 Å². The van der Waals surface area contributed by atoms with Gasteiger partial charge in [0.05, 0.1) is 5.02 Å². The van der Waals surface area contributed by atoms with Crippen molar-refractivity contribution < 1.29 is 4.79 Å². The molecule has 1 aromatic heterocycles. The number of halogens is 1. The molecule has 5 nitrogen and oxygen atoms in total. The standard InChI is InChI=1S/C18H23ClN4O/c19-15-2-1-3-16-17(15)13(12-21-16)4-8-22-9-5-14(6-10-22)23-11-7-20-18(23)24/h1-3,12,14,21H,4-11H2,(H,20,24).